The minimum atomic E-state index is -0.831. The van der Waals surface area contributed by atoms with Crippen LogP contribution in [0.1, 0.15) is 51.9 Å². The van der Waals surface area contributed by atoms with E-state index in [1.165, 1.54) is 0 Å². The normalized spacial score (nSPS) is 14.1. The summed E-state index contributed by atoms with van der Waals surface area (Å²) in [4.78, 5) is 14.7. The molecule has 1 unspecified atom stereocenters. The molecule has 0 heterocycles. The van der Waals surface area contributed by atoms with Gasteiger partial charge in [-0.05, 0) is 45.4 Å². The highest BCUT2D eigenvalue weighted by atomic mass is 17.1. The van der Waals surface area contributed by atoms with Gasteiger partial charge in [0.05, 0.1) is 0 Å². The smallest absolute Gasteiger partial charge is 0.303 e. The number of aliphatic carboxylic acids is 1. The zero-order valence-electron chi connectivity index (χ0n) is 14.5. The zero-order chi connectivity index (χ0) is 17.9. The molecule has 1 atom stereocenters. The summed E-state index contributed by atoms with van der Waals surface area (Å²) in [6.07, 6.45) is 24.8. The van der Waals surface area contributed by atoms with E-state index in [1.54, 1.807) is 12.2 Å². The largest absolute Gasteiger partial charge is 0.481 e. The van der Waals surface area contributed by atoms with Gasteiger partial charge in [0.25, 0.3) is 0 Å². The van der Waals surface area contributed by atoms with Crippen LogP contribution >= 0.6 is 0 Å². The molecule has 0 saturated heterocycles. The van der Waals surface area contributed by atoms with Gasteiger partial charge in [0.15, 0.2) is 0 Å². The minimum Gasteiger partial charge on any atom is -0.481 e. The minimum absolute atomic E-state index is 0.0846. The van der Waals surface area contributed by atoms with E-state index < -0.39 is 12.1 Å². The fourth-order valence-corrected chi connectivity index (χ4v) is 1.85. The lowest BCUT2D eigenvalue weighted by Gasteiger charge is -2.04. The maximum absolute atomic E-state index is 10.4. The summed E-state index contributed by atoms with van der Waals surface area (Å²) in [7, 11) is 0. The SMILES string of the molecule is C/C=C/C/C=C/C/C=C/CC/C=C/CC(/C=C/CCC(=O)O)OO. The molecule has 0 amide bonds. The maximum atomic E-state index is 10.4. The van der Waals surface area contributed by atoms with Crippen LogP contribution in [0.25, 0.3) is 0 Å². The summed E-state index contributed by atoms with van der Waals surface area (Å²) in [6, 6.07) is 0. The highest BCUT2D eigenvalue weighted by molar-refractivity contribution is 5.66. The van der Waals surface area contributed by atoms with Crippen LogP contribution in [-0.2, 0) is 9.68 Å². The predicted molar refractivity (Wildman–Crippen MR) is 98.8 cm³/mol. The first kappa shape index (κ1) is 22.1. The Hall–Kier alpha value is -1.91. The topological polar surface area (TPSA) is 66.8 Å². The van der Waals surface area contributed by atoms with E-state index >= 15 is 0 Å². The summed E-state index contributed by atoms with van der Waals surface area (Å²) in [5, 5.41) is 17.3. The molecule has 0 aliphatic rings. The molecular weight excluding hydrogens is 304 g/mol. The molecule has 0 aliphatic heterocycles. The highest BCUT2D eigenvalue weighted by Gasteiger charge is 2.01. The molecule has 0 aromatic rings. The van der Waals surface area contributed by atoms with Gasteiger partial charge in [-0.15, -0.1) is 0 Å². The van der Waals surface area contributed by atoms with E-state index in [0.717, 1.165) is 25.7 Å². The first-order valence-corrected chi connectivity index (χ1v) is 8.45. The third-order valence-corrected chi connectivity index (χ3v) is 3.16. The van der Waals surface area contributed by atoms with Gasteiger partial charge in [0, 0.05) is 6.42 Å². The van der Waals surface area contributed by atoms with Crippen molar-refractivity contribution in [2.45, 2.75) is 58.0 Å². The first-order valence-electron chi connectivity index (χ1n) is 8.45. The molecule has 0 rings (SSSR count). The van der Waals surface area contributed by atoms with Crippen molar-refractivity contribution in [3.63, 3.8) is 0 Å². The molecule has 0 spiro atoms. The number of hydrogen-bond acceptors (Lipinski definition) is 3. The molecule has 0 saturated carbocycles. The van der Waals surface area contributed by atoms with Gasteiger partial charge in [0.1, 0.15) is 6.10 Å². The van der Waals surface area contributed by atoms with Gasteiger partial charge >= 0.3 is 5.97 Å². The van der Waals surface area contributed by atoms with Gasteiger partial charge in [0.2, 0.25) is 0 Å². The van der Waals surface area contributed by atoms with Crippen LogP contribution in [0, 0.1) is 0 Å². The molecule has 0 aromatic heterocycles. The summed E-state index contributed by atoms with van der Waals surface area (Å²) in [6.45, 7) is 2.02. The number of carboxylic acids is 1. The average Bonchev–Trinajstić information content (AvgIpc) is 2.57. The molecule has 0 radical (unpaired) electrons. The Morgan fingerprint density at radius 1 is 0.917 bits per heavy atom. The Morgan fingerprint density at radius 2 is 1.54 bits per heavy atom. The van der Waals surface area contributed by atoms with Gasteiger partial charge < -0.3 is 5.11 Å². The molecule has 0 fully saturated rings. The molecule has 2 N–H and O–H groups in total. The maximum Gasteiger partial charge on any atom is 0.303 e. The monoisotopic (exact) mass is 334 g/mol. The fraction of sp³-hybridized carbons (Fsp3) is 0.450. The Bertz CT molecular complexity index is 445. The summed E-state index contributed by atoms with van der Waals surface area (Å²) in [5.41, 5.74) is 0. The lowest BCUT2D eigenvalue weighted by Crippen LogP contribution is -2.05. The third-order valence-electron chi connectivity index (χ3n) is 3.16. The number of rotatable bonds is 14. The average molecular weight is 334 g/mol. The van der Waals surface area contributed by atoms with Crippen LogP contribution in [-0.4, -0.2) is 22.4 Å². The molecule has 4 heteroatoms. The lowest BCUT2D eigenvalue weighted by atomic mass is 10.1. The molecule has 4 nitrogen and oxygen atoms in total. The van der Waals surface area contributed by atoms with E-state index in [1.807, 2.05) is 19.1 Å². The first-order chi connectivity index (χ1) is 11.7. The number of carboxylic acid groups (broad SMARTS) is 1. The van der Waals surface area contributed by atoms with Gasteiger partial charge in [-0.2, -0.15) is 0 Å². The van der Waals surface area contributed by atoms with E-state index in [2.05, 4.69) is 41.3 Å². The van der Waals surface area contributed by atoms with Gasteiger partial charge in [-0.3, -0.25) is 10.1 Å². The Balaban J connectivity index is 3.74. The lowest BCUT2D eigenvalue weighted by molar-refractivity contribution is -0.264. The third kappa shape index (κ3) is 16.5. The Morgan fingerprint density at radius 3 is 2.17 bits per heavy atom. The van der Waals surface area contributed by atoms with Crippen molar-refractivity contribution >= 4 is 5.97 Å². The van der Waals surface area contributed by atoms with Gasteiger partial charge in [-0.25, -0.2) is 4.89 Å². The second-order valence-corrected chi connectivity index (χ2v) is 5.27. The molecule has 0 bridgehead atoms. The number of hydrogen-bond donors (Lipinski definition) is 2. The van der Waals surface area contributed by atoms with Crippen LogP contribution in [0.4, 0.5) is 0 Å². The fourth-order valence-electron chi connectivity index (χ4n) is 1.85. The molecule has 0 aliphatic carbocycles. The zero-order valence-corrected chi connectivity index (χ0v) is 14.5. The van der Waals surface area contributed by atoms with Crippen LogP contribution in [0.15, 0.2) is 60.8 Å². The predicted octanol–water partition coefficient (Wildman–Crippen LogP) is 5.46. The van der Waals surface area contributed by atoms with Crippen molar-refractivity contribution in [2.75, 3.05) is 0 Å². The van der Waals surface area contributed by atoms with Crippen molar-refractivity contribution in [3.8, 4) is 0 Å². The van der Waals surface area contributed by atoms with Crippen molar-refractivity contribution in [1.82, 2.24) is 0 Å². The van der Waals surface area contributed by atoms with Crippen molar-refractivity contribution < 1.29 is 20.0 Å². The van der Waals surface area contributed by atoms with Crippen molar-refractivity contribution in [2.24, 2.45) is 0 Å². The Labute approximate surface area is 145 Å². The van der Waals surface area contributed by atoms with Crippen molar-refractivity contribution in [1.29, 1.82) is 0 Å². The van der Waals surface area contributed by atoms with E-state index in [-0.39, 0.29) is 6.42 Å². The molecule has 0 aromatic carbocycles. The quantitative estimate of drug-likeness (QED) is 0.191. The molecular formula is C20H30O4. The van der Waals surface area contributed by atoms with E-state index in [0.29, 0.717) is 12.8 Å². The Kier molecular flexibility index (Phi) is 16.1. The van der Waals surface area contributed by atoms with E-state index in [9.17, 15) is 4.79 Å². The van der Waals surface area contributed by atoms with Crippen LogP contribution in [0.3, 0.4) is 0 Å². The standard InChI is InChI=1S/C20H30O4/c1-2-3-4-5-6-7-8-9-10-11-12-13-16-19(24-23)17-14-15-18-20(21)22/h2-3,5-6,8-9,12-14,17,19,23H,4,7,10-11,15-16,18H2,1H3,(H,21,22)/b3-2+,6-5+,9-8+,13-12+,17-14+. The molecule has 24 heavy (non-hydrogen) atoms. The number of unbranched alkanes of at least 4 members (excludes halogenated alkanes) is 1. The van der Waals surface area contributed by atoms with Gasteiger partial charge in [-0.1, -0.05) is 60.8 Å². The summed E-state index contributed by atoms with van der Waals surface area (Å²) >= 11 is 0. The van der Waals surface area contributed by atoms with E-state index in [4.69, 9.17) is 10.4 Å². The summed E-state index contributed by atoms with van der Waals surface area (Å²) in [5.74, 6) is -0.831. The summed E-state index contributed by atoms with van der Waals surface area (Å²) < 4.78 is 0. The van der Waals surface area contributed by atoms with Crippen LogP contribution in [0.2, 0.25) is 0 Å². The highest BCUT2D eigenvalue weighted by Crippen LogP contribution is 2.04. The van der Waals surface area contributed by atoms with Crippen LogP contribution in [0.5, 0.6) is 0 Å². The second kappa shape index (κ2) is 17.4. The molecule has 134 valence electrons. The van der Waals surface area contributed by atoms with Crippen LogP contribution < -0.4 is 0 Å². The van der Waals surface area contributed by atoms with Crippen molar-refractivity contribution in [3.05, 3.63) is 60.8 Å². The number of allylic oxidation sites excluding steroid dienone is 8. The number of carbonyl (C=O) groups is 1. The second-order valence-electron chi connectivity index (χ2n) is 5.27.